The van der Waals surface area contributed by atoms with Gasteiger partial charge in [0.05, 0.1) is 24.8 Å². The van der Waals surface area contributed by atoms with Crippen molar-refractivity contribution in [2.45, 2.75) is 31.9 Å². The molecular weight excluding hydrogens is 349 g/mol. The Bertz CT molecular complexity index is 692. The van der Waals surface area contributed by atoms with Gasteiger partial charge < -0.3 is 9.72 Å². The van der Waals surface area contributed by atoms with Crippen LogP contribution in [0.25, 0.3) is 5.65 Å². The van der Waals surface area contributed by atoms with Crippen LogP contribution in [0, 0.1) is 6.92 Å². The molecule has 2 aromatic heterocycles. The molecule has 1 unspecified atom stereocenters. The normalized spacial score (nSPS) is 19.0. The first-order valence-corrected chi connectivity index (χ1v) is 6.76. The van der Waals surface area contributed by atoms with Crippen LogP contribution in [0.3, 0.4) is 0 Å². The minimum Gasteiger partial charge on any atom is -0.349 e. The minimum absolute atomic E-state index is 0. The van der Waals surface area contributed by atoms with Crippen molar-refractivity contribution in [2.24, 2.45) is 0 Å². The number of carbonyl (C=O) groups excluding carboxylic acids is 1. The van der Waals surface area contributed by atoms with E-state index in [0.717, 1.165) is 11.2 Å². The topological polar surface area (TPSA) is 58.4 Å². The Hall–Kier alpha value is -1.44. The molecule has 1 aliphatic rings. The third kappa shape index (κ3) is 4.53. The van der Waals surface area contributed by atoms with Crippen molar-refractivity contribution < 1.29 is 13.6 Å². The third-order valence-corrected chi connectivity index (χ3v) is 3.52. The minimum atomic E-state index is -2.80. The predicted molar refractivity (Wildman–Crippen MR) is 87.6 cm³/mol. The van der Waals surface area contributed by atoms with Gasteiger partial charge in [0.1, 0.15) is 5.65 Å². The molecule has 23 heavy (non-hydrogen) atoms. The fraction of sp³-hybridized carbons (Fsp3) is 0.429. The lowest BCUT2D eigenvalue weighted by molar-refractivity contribution is -0.123. The number of fused-ring (bicyclic) bond motifs is 1. The molecule has 1 saturated heterocycles. The van der Waals surface area contributed by atoms with Crippen molar-refractivity contribution in [1.82, 2.24) is 20.0 Å². The highest BCUT2D eigenvalue weighted by atomic mass is 35.5. The van der Waals surface area contributed by atoms with Gasteiger partial charge in [0.25, 0.3) is 5.92 Å². The van der Waals surface area contributed by atoms with Gasteiger partial charge >= 0.3 is 0 Å². The molecule has 0 saturated carbocycles. The molecule has 0 spiro atoms. The lowest BCUT2D eigenvalue weighted by Crippen LogP contribution is -2.40. The van der Waals surface area contributed by atoms with E-state index in [-0.39, 0.29) is 31.4 Å². The summed E-state index contributed by atoms with van der Waals surface area (Å²) in [7, 11) is 0. The highest BCUT2D eigenvalue weighted by Gasteiger charge is 2.42. The van der Waals surface area contributed by atoms with Crippen LogP contribution >= 0.6 is 24.8 Å². The molecule has 9 heteroatoms. The van der Waals surface area contributed by atoms with Gasteiger partial charge in [0, 0.05) is 18.8 Å². The van der Waals surface area contributed by atoms with E-state index < -0.39 is 30.8 Å². The molecule has 128 valence electrons. The van der Waals surface area contributed by atoms with Crippen molar-refractivity contribution in [3.63, 3.8) is 0 Å². The quantitative estimate of drug-likeness (QED) is 0.874. The Morgan fingerprint density at radius 3 is 2.83 bits per heavy atom. The Kier molecular flexibility index (Phi) is 6.33. The Labute approximate surface area is 144 Å². The third-order valence-electron chi connectivity index (χ3n) is 3.52. The van der Waals surface area contributed by atoms with Crippen LogP contribution in [-0.4, -0.2) is 33.8 Å². The highest BCUT2D eigenvalue weighted by Crippen LogP contribution is 2.25. The zero-order chi connectivity index (χ0) is 15.0. The number of imidazole rings is 1. The predicted octanol–water partition coefficient (Wildman–Crippen LogP) is 2.10. The molecule has 0 bridgehead atoms. The van der Waals surface area contributed by atoms with Gasteiger partial charge in [-0.15, -0.1) is 24.8 Å². The molecule has 2 aromatic rings. The molecule has 1 amide bonds. The number of aromatic nitrogens is 2. The molecule has 5 nitrogen and oxygen atoms in total. The summed E-state index contributed by atoms with van der Waals surface area (Å²) in [5, 5.41) is 5.17. The zero-order valence-corrected chi connectivity index (χ0v) is 14.0. The number of hydrogen-bond acceptors (Lipinski definition) is 3. The molecule has 3 rings (SSSR count). The van der Waals surface area contributed by atoms with E-state index in [0.29, 0.717) is 5.69 Å². The van der Waals surface area contributed by atoms with E-state index in [2.05, 4.69) is 15.6 Å². The number of nitrogens with one attached hydrogen (secondary N) is 2. The van der Waals surface area contributed by atoms with Crippen molar-refractivity contribution in [3.8, 4) is 0 Å². The maximum absolute atomic E-state index is 13.0. The van der Waals surface area contributed by atoms with E-state index in [1.165, 1.54) is 0 Å². The van der Waals surface area contributed by atoms with E-state index in [9.17, 15) is 13.6 Å². The number of carbonyl (C=O) groups is 1. The van der Waals surface area contributed by atoms with Crippen LogP contribution in [0.15, 0.2) is 24.5 Å². The Morgan fingerprint density at radius 2 is 2.17 bits per heavy atom. The molecule has 1 aliphatic heterocycles. The second-order valence-corrected chi connectivity index (χ2v) is 5.42. The summed E-state index contributed by atoms with van der Waals surface area (Å²) in [5.41, 5.74) is 2.59. The molecule has 0 aromatic carbocycles. The van der Waals surface area contributed by atoms with E-state index in [1.807, 2.05) is 35.9 Å². The molecule has 3 heterocycles. The molecule has 0 aliphatic carbocycles. The summed E-state index contributed by atoms with van der Waals surface area (Å²) >= 11 is 0. The van der Waals surface area contributed by atoms with Crippen LogP contribution in [0.4, 0.5) is 8.78 Å². The maximum atomic E-state index is 13.0. The first-order valence-electron chi connectivity index (χ1n) is 6.76. The number of hydrogen-bond donors (Lipinski definition) is 2. The van der Waals surface area contributed by atoms with Gasteiger partial charge in [-0.25, -0.2) is 13.8 Å². The van der Waals surface area contributed by atoms with Gasteiger partial charge in [0.2, 0.25) is 5.91 Å². The summed E-state index contributed by atoms with van der Waals surface area (Å²) in [6, 6.07) is 3.01. The lowest BCUT2D eigenvalue weighted by Gasteiger charge is -2.10. The number of amides is 1. The number of nitrogens with zero attached hydrogens (tertiary/aromatic N) is 2. The second kappa shape index (κ2) is 7.42. The van der Waals surface area contributed by atoms with E-state index >= 15 is 0 Å². The van der Waals surface area contributed by atoms with Gasteiger partial charge in [-0.2, -0.15) is 0 Å². The van der Waals surface area contributed by atoms with Gasteiger partial charge in [-0.1, -0.05) is 6.07 Å². The van der Waals surface area contributed by atoms with Gasteiger partial charge in [-0.05, 0) is 18.6 Å². The zero-order valence-electron chi connectivity index (χ0n) is 12.4. The number of aryl methyl sites for hydroxylation is 1. The van der Waals surface area contributed by atoms with E-state index in [1.54, 1.807) is 0 Å². The molecule has 0 radical (unpaired) electrons. The maximum Gasteiger partial charge on any atom is 0.262 e. The van der Waals surface area contributed by atoms with Crippen LogP contribution < -0.4 is 10.6 Å². The van der Waals surface area contributed by atoms with Crippen molar-refractivity contribution in [2.75, 3.05) is 6.54 Å². The lowest BCUT2D eigenvalue weighted by atomic mass is 10.2. The monoisotopic (exact) mass is 366 g/mol. The number of pyridine rings is 1. The first kappa shape index (κ1) is 19.6. The van der Waals surface area contributed by atoms with Crippen molar-refractivity contribution in [1.29, 1.82) is 0 Å². The summed E-state index contributed by atoms with van der Waals surface area (Å²) in [6.07, 6.45) is 3.30. The molecule has 2 N–H and O–H groups in total. The van der Waals surface area contributed by atoms with Crippen LogP contribution in [0.5, 0.6) is 0 Å². The summed E-state index contributed by atoms with van der Waals surface area (Å²) in [5.74, 6) is -3.22. The van der Waals surface area contributed by atoms with Gasteiger partial charge in [-0.3, -0.25) is 10.1 Å². The van der Waals surface area contributed by atoms with Crippen LogP contribution in [0.1, 0.15) is 17.7 Å². The smallest absolute Gasteiger partial charge is 0.262 e. The Morgan fingerprint density at radius 1 is 1.43 bits per heavy atom. The standard InChI is InChI=1S/C14H16F2N4O.2ClH/c1-9-2-3-12-19-10(7-20(12)6-9)5-17-13(21)11-4-14(15,16)8-18-11;;/h2-3,6-7,11,18H,4-5,8H2,1H3,(H,17,21);2*1H. The second-order valence-electron chi connectivity index (χ2n) is 5.42. The number of alkyl halides is 2. The molecular formula is C14H18Cl2F2N4O. The van der Waals surface area contributed by atoms with Crippen LogP contribution in [-0.2, 0) is 11.3 Å². The summed E-state index contributed by atoms with van der Waals surface area (Å²) < 4.78 is 27.9. The number of halogens is 4. The summed E-state index contributed by atoms with van der Waals surface area (Å²) in [6.45, 7) is 1.76. The molecule has 1 fully saturated rings. The van der Waals surface area contributed by atoms with Crippen molar-refractivity contribution >= 4 is 36.4 Å². The summed E-state index contributed by atoms with van der Waals surface area (Å²) in [4.78, 5) is 16.2. The SMILES string of the molecule is Cc1ccc2nc(CNC(=O)C3CC(F)(F)CN3)cn2c1.Cl.Cl. The fourth-order valence-electron chi connectivity index (χ4n) is 2.44. The van der Waals surface area contributed by atoms with Gasteiger partial charge in [0.15, 0.2) is 0 Å². The first-order chi connectivity index (χ1) is 9.93. The number of rotatable bonds is 3. The average molecular weight is 367 g/mol. The van der Waals surface area contributed by atoms with E-state index in [4.69, 9.17) is 0 Å². The fourth-order valence-corrected chi connectivity index (χ4v) is 2.44. The molecule has 1 atom stereocenters. The van der Waals surface area contributed by atoms with Crippen molar-refractivity contribution in [3.05, 3.63) is 35.8 Å². The average Bonchev–Trinajstić information content (AvgIpc) is 2.98. The Balaban J connectivity index is 0.00000132. The largest absolute Gasteiger partial charge is 0.349 e. The highest BCUT2D eigenvalue weighted by molar-refractivity contribution is 5.85. The van der Waals surface area contributed by atoms with Crippen LogP contribution in [0.2, 0.25) is 0 Å².